The molecule has 1 aromatic rings. The lowest BCUT2D eigenvalue weighted by atomic mass is 10.1. The van der Waals surface area contributed by atoms with E-state index in [0.29, 0.717) is 6.04 Å². The van der Waals surface area contributed by atoms with E-state index >= 15 is 0 Å². The summed E-state index contributed by atoms with van der Waals surface area (Å²) in [5, 5.41) is 3.41. The first kappa shape index (κ1) is 11.0. The first-order valence-corrected chi connectivity index (χ1v) is 5.51. The molecule has 1 atom stereocenters. The van der Waals surface area contributed by atoms with Crippen LogP contribution in [-0.4, -0.2) is 25.0 Å². The minimum Gasteiger partial charge on any atom is -0.368 e. The third kappa shape index (κ3) is 2.33. The number of fused-ring (bicyclic) bond motifs is 1. The predicted octanol–water partition coefficient (Wildman–Crippen LogP) is 0.470. The van der Waals surface area contributed by atoms with Gasteiger partial charge in [0.15, 0.2) is 0 Å². The minimum absolute atomic E-state index is 0.281. The molecule has 2 rings (SSSR count). The summed E-state index contributed by atoms with van der Waals surface area (Å²) in [5.41, 5.74) is 7.60. The van der Waals surface area contributed by atoms with E-state index in [1.54, 1.807) is 0 Å². The highest BCUT2D eigenvalue weighted by atomic mass is 16.1. The summed E-state index contributed by atoms with van der Waals surface area (Å²) in [4.78, 5) is 13.1. The Balaban J connectivity index is 2.31. The van der Waals surface area contributed by atoms with Crippen LogP contribution in [0.5, 0.6) is 0 Å². The molecule has 1 aliphatic rings. The number of benzene rings is 1. The van der Waals surface area contributed by atoms with E-state index in [-0.39, 0.29) is 12.5 Å². The van der Waals surface area contributed by atoms with Crippen molar-refractivity contribution in [3.63, 3.8) is 0 Å². The summed E-state index contributed by atoms with van der Waals surface area (Å²) in [5.74, 6) is -0.288. The van der Waals surface area contributed by atoms with E-state index in [9.17, 15) is 4.79 Å². The lowest BCUT2D eigenvalue weighted by Gasteiger charge is -2.24. The van der Waals surface area contributed by atoms with E-state index in [2.05, 4.69) is 18.3 Å². The smallest absolute Gasteiger partial charge is 0.236 e. The highest BCUT2D eigenvalue weighted by Gasteiger charge is 2.19. The summed E-state index contributed by atoms with van der Waals surface area (Å²) in [6, 6.07) is 8.47. The maximum atomic E-state index is 11.1. The molecule has 4 nitrogen and oxygen atoms in total. The average Bonchev–Trinajstić information content (AvgIpc) is 2.39. The van der Waals surface area contributed by atoms with Crippen molar-refractivity contribution in [2.24, 2.45) is 5.73 Å². The molecule has 86 valence electrons. The fourth-order valence-corrected chi connectivity index (χ4v) is 2.08. The van der Waals surface area contributed by atoms with Crippen LogP contribution >= 0.6 is 0 Å². The maximum Gasteiger partial charge on any atom is 0.236 e. The van der Waals surface area contributed by atoms with Gasteiger partial charge in [0, 0.05) is 24.8 Å². The van der Waals surface area contributed by atoms with Gasteiger partial charge in [0.1, 0.15) is 0 Å². The van der Waals surface area contributed by atoms with Gasteiger partial charge < -0.3 is 16.0 Å². The van der Waals surface area contributed by atoms with Crippen LogP contribution in [0.1, 0.15) is 12.5 Å². The molecule has 0 fully saturated rings. The number of carbonyl (C=O) groups excluding carboxylic acids is 1. The number of nitrogens with zero attached hydrogens (tertiary/aromatic N) is 1. The Kier molecular flexibility index (Phi) is 3.10. The molecule has 1 heterocycles. The highest BCUT2D eigenvalue weighted by molar-refractivity contribution is 5.80. The van der Waals surface area contributed by atoms with Crippen LogP contribution in [0.4, 0.5) is 5.69 Å². The Morgan fingerprint density at radius 1 is 1.56 bits per heavy atom. The van der Waals surface area contributed by atoms with E-state index in [1.807, 2.05) is 23.1 Å². The first-order chi connectivity index (χ1) is 7.66. The summed E-state index contributed by atoms with van der Waals surface area (Å²) >= 11 is 0. The number of anilines is 1. The van der Waals surface area contributed by atoms with Gasteiger partial charge in [-0.1, -0.05) is 18.2 Å². The van der Waals surface area contributed by atoms with Crippen molar-refractivity contribution in [2.45, 2.75) is 19.5 Å². The van der Waals surface area contributed by atoms with Crippen LogP contribution in [0.15, 0.2) is 24.3 Å². The number of hydrogen-bond donors (Lipinski definition) is 2. The SMILES string of the molecule is CC1CN(CC(N)=O)c2ccccc2CN1. The summed E-state index contributed by atoms with van der Waals surface area (Å²) < 4.78 is 0. The topological polar surface area (TPSA) is 58.4 Å². The number of para-hydroxylation sites is 1. The quantitative estimate of drug-likeness (QED) is 0.760. The van der Waals surface area contributed by atoms with Gasteiger partial charge in [0.05, 0.1) is 6.54 Å². The summed E-state index contributed by atoms with van der Waals surface area (Å²) in [6.45, 7) is 4.04. The highest BCUT2D eigenvalue weighted by Crippen LogP contribution is 2.22. The Labute approximate surface area is 95.4 Å². The molecule has 0 radical (unpaired) electrons. The van der Waals surface area contributed by atoms with Crippen molar-refractivity contribution >= 4 is 11.6 Å². The average molecular weight is 219 g/mol. The van der Waals surface area contributed by atoms with Crippen molar-refractivity contribution in [1.29, 1.82) is 0 Å². The number of carbonyl (C=O) groups is 1. The van der Waals surface area contributed by atoms with Crippen LogP contribution in [0, 0.1) is 0 Å². The minimum atomic E-state index is -0.288. The lowest BCUT2D eigenvalue weighted by molar-refractivity contribution is -0.116. The van der Waals surface area contributed by atoms with E-state index < -0.39 is 0 Å². The molecule has 1 aliphatic heterocycles. The van der Waals surface area contributed by atoms with Crippen LogP contribution in [-0.2, 0) is 11.3 Å². The number of hydrogen-bond acceptors (Lipinski definition) is 3. The van der Waals surface area contributed by atoms with Crippen LogP contribution < -0.4 is 16.0 Å². The third-order valence-corrected chi connectivity index (χ3v) is 2.81. The van der Waals surface area contributed by atoms with Gasteiger partial charge in [0.2, 0.25) is 5.91 Å². The molecule has 0 bridgehead atoms. The number of nitrogens with two attached hydrogens (primary N) is 1. The van der Waals surface area contributed by atoms with Crippen LogP contribution in [0.2, 0.25) is 0 Å². The molecule has 16 heavy (non-hydrogen) atoms. The van der Waals surface area contributed by atoms with Crippen molar-refractivity contribution in [2.75, 3.05) is 18.0 Å². The van der Waals surface area contributed by atoms with Gasteiger partial charge in [-0.05, 0) is 18.6 Å². The standard InChI is InChI=1S/C12H17N3O/c1-9-7-15(8-12(13)16)11-5-3-2-4-10(11)6-14-9/h2-5,9,14H,6-8H2,1H3,(H2,13,16). The predicted molar refractivity (Wildman–Crippen MR) is 64.2 cm³/mol. The molecule has 0 saturated heterocycles. The zero-order valence-electron chi connectivity index (χ0n) is 9.44. The Bertz CT molecular complexity index is 392. The number of amides is 1. The van der Waals surface area contributed by atoms with Gasteiger partial charge in [-0.25, -0.2) is 0 Å². The molecule has 1 aromatic carbocycles. The Morgan fingerprint density at radius 2 is 2.31 bits per heavy atom. The molecule has 4 heteroatoms. The number of rotatable bonds is 2. The fourth-order valence-electron chi connectivity index (χ4n) is 2.08. The molecule has 0 aliphatic carbocycles. The van der Waals surface area contributed by atoms with Gasteiger partial charge in [-0.15, -0.1) is 0 Å². The van der Waals surface area contributed by atoms with Gasteiger partial charge in [0.25, 0.3) is 0 Å². The molecule has 3 N–H and O–H groups in total. The van der Waals surface area contributed by atoms with Crippen molar-refractivity contribution in [3.05, 3.63) is 29.8 Å². The number of nitrogens with one attached hydrogen (secondary N) is 1. The molecule has 1 unspecified atom stereocenters. The van der Waals surface area contributed by atoms with Gasteiger partial charge in [-0.3, -0.25) is 4.79 Å². The summed E-state index contributed by atoms with van der Waals surface area (Å²) in [7, 11) is 0. The summed E-state index contributed by atoms with van der Waals surface area (Å²) in [6.07, 6.45) is 0. The molecular weight excluding hydrogens is 202 g/mol. The van der Waals surface area contributed by atoms with E-state index in [4.69, 9.17) is 5.73 Å². The molecule has 0 saturated carbocycles. The zero-order valence-corrected chi connectivity index (χ0v) is 9.44. The van der Waals surface area contributed by atoms with E-state index in [1.165, 1.54) is 5.56 Å². The van der Waals surface area contributed by atoms with E-state index in [0.717, 1.165) is 18.8 Å². The Hall–Kier alpha value is -1.55. The zero-order chi connectivity index (χ0) is 11.5. The second-order valence-corrected chi connectivity index (χ2v) is 4.26. The monoisotopic (exact) mass is 219 g/mol. The van der Waals surface area contributed by atoms with Crippen molar-refractivity contribution < 1.29 is 4.79 Å². The molecule has 1 amide bonds. The maximum absolute atomic E-state index is 11.1. The van der Waals surface area contributed by atoms with Crippen LogP contribution in [0.25, 0.3) is 0 Å². The largest absolute Gasteiger partial charge is 0.368 e. The normalized spacial score (nSPS) is 20.1. The number of primary amides is 1. The second-order valence-electron chi connectivity index (χ2n) is 4.26. The lowest BCUT2D eigenvalue weighted by Crippen LogP contribution is -2.40. The first-order valence-electron chi connectivity index (χ1n) is 5.51. The molecule has 0 aromatic heterocycles. The van der Waals surface area contributed by atoms with Crippen molar-refractivity contribution in [3.8, 4) is 0 Å². The molecular formula is C12H17N3O. The van der Waals surface area contributed by atoms with Crippen LogP contribution in [0.3, 0.4) is 0 Å². The fraction of sp³-hybridized carbons (Fsp3) is 0.417. The molecule has 0 spiro atoms. The second kappa shape index (κ2) is 4.53. The van der Waals surface area contributed by atoms with Crippen molar-refractivity contribution in [1.82, 2.24) is 5.32 Å². The third-order valence-electron chi connectivity index (χ3n) is 2.81. The Morgan fingerprint density at radius 3 is 3.06 bits per heavy atom. The van der Waals surface area contributed by atoms with Gasteiger partial charge >= 0.3 is 0 Å². The van der Waals surface area contributed by atoms with Gasteiger partial charge in [-0.2, -0.15) is 0 Å².